The molecule has 0 aromatic carbocycles. The molecule has 0 unspecified atom stereocenters. The van der Waals surface area contributed by atoms with Gasteiger partial charge in [0.1, 0.15) is 6.61 Å². The largest absolute Gasteiger partial charge is 0.463 e. The Morgan fingerprint density at radius 1 is 1.17 bits per heavy atom. The summed E-state index contributed by atoms with van der Waals surface area (Å²) in [6.45, 7) is 0.309. The second-order valence-corrected chi connectivity index (χ2v) is 3.13. The molecule has 100 valence electrons. The number of hydrogen-bond donors (Lipinski definition) is 1. The van der Waals surface area contributed by atoms with Crippen molar-refractivity contribution in [2.24, 2.45) is 0 Å². The lowest BCUT2D eigenvalue weighted by molar-refractivity contribution is 0.0230. The number of rotatable bonds is 7. The van der Waals surface area contributed by atoms with Crippen molar-refractivity contribution < 1.29 is 33.3 Å². The monoisotopic (exact) mass is 258 g/mol. The molecule has 0 bridgehead atoms. The number of ether oxygens (including phenoxy) is 3. The van der Waals surface area contributed by atoms with E-state index < -0.39 is 11.9 Å². The number of hydrogen-bond acceptors (Lipinski definition) is 7. The molecular formula is C11H14O7. The Kier molecular flexibility index (Phi) is 5.89. The number of aliphatic hydroxyl groups is 1. The summed E-state index contributed by atoms with van der Waals surface area (Å²) in [5, 5.41) is 8.44. The first-order chi connectivity index (χ1) is 8.69. The zero-order chi connectivity index (χ0) is 13.4. The number of carbonyl (C=O) groups excluding carboxylic acids is 2. The van der Waals surface area contributed by atoms with Crippen molar-refractivity contribution >= 4 is 11.9 Å². The zero-order valence-electron chi connectivity index (χ0n) is 9.88. The molecule has 18 heavy (non-hydrogen) atoms. The van der Waals surface area contributed by atoms with Crippen molar-refractivity contribution in [1.82, 2.24) is 0 Å². The molecule has 0 spiro atoms. The van der Waals surface area contributed by atoms with Gasteiger partial charge in [-0.2, -0.15) is 0 Å². The minimum atomic E-state index is -0.697. The van der Waals surface area contributed by atoms with E-state index in [1.165, 1.54) is 19.2 Å². The fourth-order valence-corrected chi connectivity index (χ4v) is 1.09. The molecule has 7 nitrogen and oxygen atoms in total. The lowest BCUT2D eigenvalue weighted by Crippen LogP contribution is -2.11. The van der Waals surface area contributed by atoms with Crippen LogP contribution in [0.1, 0.15) is 21.1 Å². The van der Waals surface area contributed by atoms with E-state index in [1.807, 2.05) is 0 Å². The van der Waals surface area contributed by atoms with Gasteiger partial charge in [0.15, 0.2) is 0 Å². The highest BCUT2D eigenvalue weighted by Crippen LogP contribution is 2.10. The quantitative estimate of drug-likeness (QED) is 0.552. The molecule has 7 heteroatoms. The summed E-state index contributed by atoms with van der Waals surface area (Å²) >= 11 is 0. The lowest BCUT2D eigenvalue weighted by atomic mass is 10.4. The smallest absolute Gasteiger partial charge is 0.374 e. The Morgan fingerprint density at radius 3 is 2.44 bits per heavy atom. The predicted molar refractivity (Wildman–Crippen MR) is 58.2 cm³/mol. The van der Waals surface area contributed by atoms with E-state index in [0.29, 0.717) is 0 Å². The number of furan rings is 1. The fraction of sp³-hybridized carbons (Fsp3) is 0.455. The van der Waals surface area contributed by atoms with Crippen LogP contribution in [0, 0.1) is 0 Å². The molecule has 1 rings (SSSR count). The first-order valence-electron chi connectivity index (χ1n) is 5.23. The third-order valence-electron chi connectivity index (χ3n) is 1.89. The highest BCUT2D eigenvalue weighted by molar-refractivity contribution is 5.90. The van der Waals surface area contributed by atoms with Gasteiger partial charge in [0.25, 0.3) is 0 Å². The van der Waals surface area contributed by atoms with Gasteiger partial charge in [-0.25, -0.2) is 9.59 Å². The number of methoxy groups -OCH3 is 1. The normalized spacial score (nSPS) is 10.1. The van der Waals surface area contributed by atoms with Gasteiger partial charge < -0.3 is 23.7 Å². The van der Waals surface area contributed by atoms with Gasteiger partial charge in [0, 0.05) is 0 Å². The van der Waals surface area contributed by atoms with Gasteiger partial charge in [-0.3, -0.25) is 0 Å². The van der Waals surface area contributed by atoms with Gasteiger partial charge in [-0.15, -0.1) is 0 Å². The summed E-state index contributed by atoms with van der Waals surface area (Å²) in [6, 6.07) is 2.65. The molecule has 0 aliphatic rings. The fourth-order valence-electron chi connectivity index (χ4n) is 1.09. The Hall–Kier alpha value is -1.86. The highest BCUT2D eigenvalue weighted by Gasteiger charge is 2.16. The predicted octanol–water partition coefficient (Wildman–Crippen LogP) is 0.232. The molecule has 1 N–H and O–H groups in total. The topological polar surface area (TPSA) is 95.2 Å². The Balaban J connectivity index is 2.37. The highest BCUT2D eigenvalue weighted by atomic mass is 16.6. The van der Waals surface area contributed by atoms with Gasteiger partial charge in [-0.05, 0) is 12.1 Å². The number of aliphatic hydroxyl groups excluding tert-OH is 1. The van der Waals surface area contributed by atoms with Gasteiger partial charge in [-0.1, -0.05) is 0 Å². The summed E-state index contributed by atoms with van der Waals surface area (Å²) in [4.78, 5) is 22.5. The van der Waals surface area contributed by atoms with Crippen LogP contribution >= 0.6 is 0 Å². The minimum Gasteiger partial charge on any atom is -0.463 e. The summed E-state index contributed by atoms with van der Waals surface area (Å²) in [7, 11) is 1.21. The van der Waals surface area contributed by atoms with Crippen molar-refractivity contribution in [3.05, 3.63) is 23.7 Å². The second kappa shape index (κ2) is 7.46. The average Bonchev–Trinajstić information content (AvgIpc) is 2.87. The first-order valence-corrected chi connectivity index (χ1v) is 5.23. The summed E-state index contributed by atoms with van der Waals surface area (Å²) in [6.07, 6.45) is 0. The van der Waals surface area contributed by atoms with Crippen molar-refractivity contribution in [3.63, 3.8) is 0 Å². The molecule has 0 saturated heterocycles. The minimum absolute atomic E-state index is 0.0348. The maximum atomic E-state index is 11.4. The Bertz CT molecular complexity index is 396. The molecule has 1 aromatic rings. The van der Waals surface area contributed by atoms with E-state index in [2.05, 4.69) is 4.74 Å². The maximum absolute atomic E-state index is 11.4. The third kappa shape index (κ3) is 4.19. The van der Waals surface area contributed by atoms with E-state index in [4.69, 9.17) is 19.0 Å². The number of esters is 2. The molecule has 0 atom stereocenters. The van der Waals surface area contributed by atoms with Crippen LogP contribution < -0.4 is 0 Å². The van der Waals surface area contributed by atoms with E-state index >= 15 is 0 Å². The van der Waals surface area contributed by atoms with Crippen molar-refractivity contribution in [2.75, 3.05) is 33.5 Å². The van der Waals surface area contributed by atoms with Gasteiger partial charge in [0.05, 0.1) is 26.9 Å². The van der Waals surface area contributed by atoms with Crippen LogP contribution in [0.2, 0.25) is 0 Å². The van der Waals surface area contributed by atoms with Crippen molar-refractivity contribution in [2.45, 2.75) is 0 Å². The van der Waals surface area contributed by atoms with Gasteiger partial charge >= 0.3 is 11.9 Å². The standard InChI is InChI=1S/C11H14O7/c1-15-10(13)8-2-3-9(18-8)11(14)17-7-6-16-5-4-12/h2-3,12H,4-7H2,1H3. The van der Waals surface area contributed by atoms with Crippen molar-refractivity contribution in [1.29, 1.82) is 0 Å². The van der Waals surface area contributed by atoms with Crippen molar-refractivity contribution in [3.8, 4) is 0 Å². The molecule has 0 aliphatic carbocycles. The average molecular weight is 258 g/mol. The summed E-state index contributed by atoms with van der Waals surface area (Å²) in [5.41, 5.74) is 0. The molecular weight excluding hydrogens is 244 g/mol. The lowest BCUT2D eigenvalue weighted by Gasteiger charge is -2.03. The van der Waals surface area contributed by atoms with Crippen LogP contribution in [0.5, 0.6) is 0 Å². The first kappa shape index (κ1) is 14.2. The van der Waals surface area contributed by atoms with Crippen LogP contribution in [0.4, 0.5) is 0 Å². The van der Waals surface area contributed by atoms with E-state index in [-0.39, 0.29) is 37.9 Å². The number of carbonyl (C=O) groups is 2. The summed E-state index contributed by atoms with van der Waals surface area (Å²) < 4.78 is 19.1. The van der Waals surface area contributed by atoms with Crippen LogP contribution in [-0.4, -0.2) is 50.6 Å². The molecule has 1 aromatic heterocycles. The Morgan fingerprint density at radius 2 is 1.83 bits per heavy atom. The van der Waals surface area contributed by atoms with Crippen LogP contribution in [0.3, 0.4) is 0 Å². The summed E-state index contributed by atoms with van der Waals surface area (Å²) in [5.74, 6) is -1.52. The van der Waals surface area contributed by atoms with E-state index in [0.717, 1.165) is 0 Å². The SMILES string of the molecule is COC(=O)c1ccc(C(=O)OCCOCCO)o1. The Labute approximate surface area is 103 Å². The third-order valence-corrected chi connectivity index (χ3v) is 1.89. The van der Waals surface area contributed by atoms with Crippen LogP contribution in [0.15, 0.2) is 16.5 Å². The molecule has 0 fully saturated rings. The van der Waals surface area contributed by atoms with E-state index in [1.54, 1.807) is 0 Å². The van der Waals surface area contributed by atoms with Crippen LogP contribution in [-0.2, 0) is 14.2 Å². The molecule has 0 aliphatic heterocycles. The second-order valence-electron chi connectivity index (χ2n) is 3.13. The molecule has 1 heterocycles. The molecule has 0 amide bonds. The van der Waals surface area contributed by atoms with E-state index in [9.17, 15) is 9.59 Å². The molecule has 0 radical (unpaired) electrons. The maximum Gasteiger partial charge on any atom is 0.374 e. The zero-order valence-corrected chi connectivity index (χ0v) is 9.88. The van der Waals surface area contributed by atoms with Gasteiger partial charge in [0.2, 0.25) is 11.5 Å². The van der Waals surface area contributed by atoms with Crippen LogP contribution in [0.25, 0.3) is 0 Å². The molecule has 0 saturated carbocycles.